The van der Waals surface area contributed by atoms with Crippen LogP contribution in [0.1, 0.15) is 11.4 Å². The number of pyridine rings is 1. The van der Waals surface area contributed by atoms with Crippen LogP contribution in [-0.2, 0) is 11.2 Å². The molecule has 3 rings (SSSR count). The second-order valence-electron chi connectivity index (χ2n) is 5.72. The highest BCUT2D eigenvalue weighted by Crippen LogP contribution is 2.20. The smallest absolute Gasteiger partial charge is 0.220 e. The highest BCUT2D eigenvalue weighted by atomic mass is 32.1. The molecule has 1 N–H and O–H groups in total. The van der Waals surface area contributed by atoms with Crippen molar-refractivity contribution in [3.8, 4) is 22.9 Å². The van der Waals surface area contributed by atoms with Crippen molar-refractivity contribution < 1.29 is 14.3 Å². The Morgan fingerprint density at radius 2 is 1.93 bits per heavy atom. The van der Waals surface area contributed by atoms with Gasteiger partial charge in [0.1, 0.15) is 18.1 Å². The standard InChI is InChI=1S/C20H21N3O3S/c1-25-15-5-7-16(8-6-15)26-13-12-22-19(24)9-10-20-23-18(14-27-20)17-4-2-3-11-21-17/h2-8,11,14H,9-10,12-13H2,1H3,(H,22,24). The fourth-order valence-corrected chi connectivity index (χ4v) is 3.19. The zero-order chi connectivity index (χ0) is 18.9. The Kier molecular flexibility index (Phi) is 6.76. The lowest BCUT2D eigenvalue weighted by Crippen LogP contribution is -2.28. The maximum absolute atomic E-state index is 12.0. The minimum atomic E-state index is -0.0112. The summed E-state index contributed by atoms with van der Waals surface area (Å²) < 4.78 is 10.7. The number of aromatic nitrogens is 2. The van der Waals surface area contributed by atoms with Crippen molar-refractivity contribution in [1.82, 2.24) is 15.3 Å². The van der Waals surface area contributed by atoms with Gasteiger partial charge in [0.15, 0.2) is 0 Å². The van der Waals surface area contributed by atoms with E-state index in [1.807, 2.05) is 47.8 Å². The van der Waals surface area contributed by atoms with Gasteiger partial charge in [-0.3, -0.25) is 9.78 Å². The van der Waals surface area contributed by atoms with E-state index in [4.69, 9.17) is 9.47 Å². The van der Waals surface area contributed by atoms with Crippen molar-refractivity contribution in [2.75, 3.05) is 20.3 Å². The highest BCUT2D eigenvalue weighted by Gasteiger charge is 2.08. The summed E-state index contributed by atoms with van der Waals surface area (Å²) >= 11 is 1.55. The monoisotopic (exact) mass is 383 g/mol. The lowest BCUT2D eigenvalue weighted by atomic mass is 10.3. The molecule has 140 valence electrons. The fourth-order valence-electron chi connectivity index (χ4n) is 2.40. The summed E-state index contributed by atoms with van der Waals surface area (Å²) in [7, 11) is 1.62. The number of ether oxygens (including phenoxy) is 2. The van der Waals surface area contributed by atoms with Crippen LogP contribution in [0.15, 0.2) is 54.0 Å². The summed E-state index contributed by atoms with van der Waals surface area (Å²) in [6.07, 6.45) is 2.76. The molecule has 1 aromatic carbocycles. The normalized spacial score (nSPS) is 10.4. The molecule has 0 fully saturated rings. The van der Waals surface area contributed by atoms with Crippen molar-refractivity contribution in [3.63, 3.8) is 0 Å². The Hall–Kier alpha value is -2.93. The molecule has 0 aliphatic rings. The third kappa shape index (κ3) is 5.79. The predicted molar refractivity (Wildman–Crippen MR) is 105 cm³/mol. The van der Waals surface area contributed by atoms with Crippen LogP contribution in [-0.4, -0.2) is 36.1 Å². The second-order valence-corrected chi connectivity index (χ2v) is 6.66. The quantitative estimate of drug-likeness (QED) is 0.574. The number of hydrogen-bond acceptors (Lipinski definition) is 6. The van der Waals surface area contributed by atoms with Gasteiger partial charge in [-0.15, -0.1) is 11.3 Å². The first kappa shape index (κ1) is 18.8. The van der Waals surface area contributed by atoms with Gasteiger partial charge in [0.25, 0.3) is 0 Å². The molecule has 0 aliphatic carbocycles. The molecular weight excluding hydrogens is 362 g/mol. The van der Waals surface area contributed by atoms with Gasteiger partial charge in [0.2, 0.25) is 5.91 Å². The fraction of sp³-hybridized carbons (Fsp3) is 0.250. The first-order chi connectivity index (χ1) is 13.2. The third-order valence-corrected chi connectivity index (χ3v) is 4.71. The molecule has 7 heteroatoms. The number of methoxy groups -OCH3 is 1. The number of carbonyl (C=O) groups excluding carboxylic acids is 1. The molecule has 27 heavy (non-hydrogen) atoms. The Morgan fingerprint density at radius 3 is 2.67 bits per heavy atom. The molecule has 0 unspecified atom stereocenters. The second kappa shape index (κ2) is 9.68. The first-order valence-electron chi connectivity index (χ1n) is 8.64. The summed E-state index contributed by atoms with van der Waals surface area (Å²) in [6.45, 7) is 0.876. The summed E-state index contributed by atoms with van der Waals surface area (Å²) in [4.78, 5) is 20.8. The Bertz CT molecular complexity index is 850. The van der Waals surface area contributed by atoms with Crippen LogP contribution in [0, 0.1) is 0 Å². The van der Waals surface area contributed by atoms with Gasteiger partial charge in [-0.2, -0.15) is 0 Å². The van der Waals surface area contributed by atoms with E-state index in [1.54, 1.807) is 24.6 Å². The van der Waals surface area contributed by atoms with Crippen LogP contribution in [0.4, 0.5) is 0 Å². The van der Waals surface area contributed by atoms with Crippen molar-refractivity contribution in [2.45, 2.75) is 12.8 Å². The number of amides is 1. The number of thiazole rings is 1. The number of nitrogens with zero attached hydrogens (tertiary/aromatic N) is 2. The van der Waals surface area contributed by atoms with E-state index in [0.717, 1.165) is 27.9 Å². The first-order valence-corrected chi connectivity index (χ1v) is 9.52. The van der Waals surface area contributed by atoms with Gasteiger partial charge in [0.05, 0.1) is 30.1 Å². The molecular formula is C20H21N3O3S. The number of benzene rings is 1. The molecule has 0 atom stereocenters. The minimum Gasteiger partial charge on any atom is -0.497 e. The van der Waals surface area contributed by atoms with E-state index in [2.05, 4.69) is 15.3 Å². The Balaban J connectivity index is 1.35. The number of hydrogen-bond donors (Lipinski definition) is 1. The molecule has 0 spiro atoms. The van der Waals surface area contributed by atoms with Crippen LogP contribution < -0.4 is 14.8 Å². The minimum absolute atomic E-state index is 0.0112. The number of aryl methyl sites for hydroxylation is 1. The summed E-state index contributed by atoms with van der Waals surface area (Å²) in [5.41, 5.74) is 1.70. The van der Waals surface area contributed by atoms with Gasteiger partial charge in [-0.25, -0.2) is 4.98 Å². The number of nitrogens with one attached hydrogen (secondary N) is 1. The maximum Gasteiger partial charge on any atom is 0.220 e. The van der Waals surface area contributed by atoms with Crippen molar-refractivity contribution in [3.05, 3.63) is 59.0 Å². The molecule has 2 aromatic heterocycles. The zero-order valence-corrected chi connectivity index (χ0v) is 15.9. The van der Waals surface area contributed by atoms with Gasteiger partial charge in [0, 0.05) is 24.4 Å². The molecule has 3 aromatic rings. The van der Waals surface area contributed by atoms with Gasteiger partial charge in [-0.05, 0) is 36.4 Å². The molecule has 1 amide bonds. The van der Waals surface area contributed by atoms with E-state index in [0.29, 0.717) is 26.0 Å². The Labute approximate surface area is 162 Å². The largest absolute Gasteiger partial charge is 0.497 e. The van der Waals surface area contributed by atoms with E-state index in [9.17, 15) is 4.79 Å². The number of carbonyl (C=O) groups is 1. The van der Waals surface area contributed by atoms with E-state index in [1.165, 1.54) is 0 Å². The molecule has 0 saturated carbocycles. The number of rotatable bonds is 9. The molecule has 0 radical (unpaired) electrons. The lowest BCUT2D eigenvalue weighted by Gasteiger charge is -2.08. The van der Waals surface area contributed by atoms with Crippen LogP contribution in [0.3, 0.4) is 0 Å². The molecule has 0 aliphatic heterocycles. The van der Waals surface area contributed by atoms with Gasteiger partial charge >= 0.3 is 0 Å². The summed E-state index contributed by atoms with van der Waals surface area (Å²) in [5, 5.41) is 5.76. The Morgan fingerprint density at radius 1 is 1.11 bits per heavy atom. The predicted octanol–water partition coefficient (Wildman–Crippen LogP) is 3.34. The lowest BCUT2D eigenvalue weighted by molar-refractivity contribution is -0.121. The SMILES string of the molecule is COc1ccc(OCCNC(=O)CCc2nc(-c3ccccn3)cs2)cc1. The molecule has 6 nitrogen and oxygen atoms in total. The average Bonchev–Trinajstić information content (AvgIpc) is 3.20. The van der Waals surface area contributed by atoms with Crippen LogP contribution in [0.2, 0.25) is 0 Å². The van der Waals surface area contributed by atoms with Gasteiger partial charge in [-0.1, -0.05) is 6.07 Å². The van der Waals surface area contributed by atoms with Crippen LogP contribution in [0.25, 0.3) is 11.4 Å². The van der Waals surface area contributed by atoms with E-state index >= 15 is 0 Å². The molecule has 0 saturated heterocycles. The van der Waals surface area contributed by atoms with E-state index < -0.39 is 0 Å². The van der Waals surface area contributed by atoms with E-state index in [-0.39, 0.29) is 5.91 Å². The highest BCUT2D eigenvalue weighted by molar-refractivity contribution is 7.09. The summed E-state index contributed by atoms with van der Waals surface area (Å²) in [5.74, 6) is 1.52. The van der Waals surface area contributed by atoms with Crippen molar-refractivity contribution in [2.24, 2.45) is 0 Å². The molecule has 0 bridgehead atoms. The zero-order valence-electron chi connectivity index (χ0n) is 15.1. The maximum atomic E-state index is 12.0. The molecule has 2 heterocycles. The average molecular weight is 383 g/mol. The summed E-state index contributed by atoms with van der Waals surface area (Å²) in [6, 6.07) is 13.1. The topological polar surface area (TPSA) is 73.3 Å². The van der Waals surface area contributed by atoms with Crippen molar-refractivity contribution >= 4 is 17.2 Å². The van der Waals surface area contributed by atoms with Crippen molar-refractivity contribution in [1.29, 1.82) is 0 Å². The third-order valence-electron chi connectivity index (χ3n) is 3.80. The van der Waals surface area contributed by atoms with Crippen LogP contribution in [0.5, 0.6) is 11.5 Å². The van der Waals surface area contributed by atoms with Gasteiger partial charge < -0.3 is 14.8 Å². The van der Waals surface area contributed by atoms with Crippen LogP contribution >= 0.6 is 11.3 Å².